The van der Waals surface area contributed by atoms with E-state index in [2.05, 4.69) is 11.9 Å². The van der Waals surface area contributed by atoms with Crippen molar-refractivity contribution in [1.29, 1.82) is 0 Å². The highest BCUT2D eigenvalue weighted by Crippen LogP contribution is 2.30. The standard InChI is InChI=1S/C22H21FN2O4/c1-3-11-25-21(26)18(24-22(25)27)12-16-7-10-19(20(13-16)28-4-2)29-14-15-5-8-17(23)9-6-15/h3,5-10,12-13H,1,4,11,14H2,2H3,(H,24,27). The van der Waals surface area contributed by atoms with Gasteiger partial charge in [-0.25, -0.2) is 9.18 Å². The van der Waals surface area contributed by atoms with Crippen molar-refractivity contribution in [2.75, 3.05) is 13.2 Å². The molecule has 1 N–H and O–H groups in total. The van der Waals surface area contributed by atoms with Crippen molar-refractivity contribution in [1.82, 2.24) is 10.2 Å². The van der Waals surface area contributed by atoms with Crippen LogP contribution < -0.4 is 14.8 Å². The summed E-state index contributed by atoms with van der Waals surface area (Å²) in [5.74, 6) is 0.308. The largest absolute Gasteiger partial charge is 0.490 e. The van der Waals surface area contributed by atoms with Crippen LogP contribution >= 0.6 is 0 Å². The van der Waals surface area contributed by atoms with Gasteiger partial charge >= 0.3 is 6.03 Å². The van der Waals surface area contributed by atoms with E-state index in [0.29, 0.717) is 23.7 Å². The van der Waals surface area contributed by atoms with Gasteiger partial charge in [0.2, 0.25) is 0 Å². The van der Waals surface area contributed by atoms with Gasteiger partial charge in [0.05, 0.1) is 6.61 Å². The van der Waals surface area contributed by atoms with Crippen LogP contribution in [0.5, 0.6) is 11.5 Å². The van der Waals surface area contributed by atoms with Crippen LogP contribution in [-0.2, 0) is 11.4 Å². The number of carbonyl (C=O) groups excluding carboxylic acids is 2. The molecule has 0 atom stereocenters. The topological polar surface area (TPSA) is 67.9 Å². The second-order valence-electron chi connectivity index (χ2n) is 6.25. The molecule has 3 amide bonds. The molecular weight excluding hydrogens is 375 g/mol. The highest BCUT2D eigenvalue weighted by Gasteiger charge is 2.32. The molecule has 0 aliphatic carbocycles. The van der Waals surface area contributed by atoms with Gasteiger partial charge < -0.3 is 14.8 Å². The molecule has 29 heavy (non-hydrogen) atoms. The Morgan fingerprint density at radius 1 is 1.10 bits per heavy atom. The van der Waals surface area contributed by atoms with E-state index in [0.717, 1.165) is 10.5 Å². The van der Waals surface area contributed by atoms with E-state index in [1.165, 1.54) is 18.2 Å². The SMILES string of the molecule is C=CCN1C(=O)NC(=Cc2ccc(OCc3ccc(F)cc3)c(OCC)c2)C1=O. The van der Waals surface area contributed by atoms with Crippen molar-refractivity contribution in [2.45, 2.75) is 13.5 Å². The van der Waals surface area contributed by atoms with Gasteiger partial charge in [-0.15, -0.1) is 6.58 Å². The molecule has 7 heteroatoms. The monoisotopic (exact) mass is 396 g/mol. The molecule has 1 aliphatic rings. The molecule has 1 heterocycles. The molecule has 1 aliphatic heterocycles. The lowest BCUT2D eigenvalue weighted by molar-refractivity contribution is -0.122. The molecule has 1 fully saturated rings. The molecule has 0 aromatic heterocycles. The molecule has 0 bridgehead atoms. The summed E-state index contributed by atoms with van der Waals surface area (Å²) >= 11 is 0. The smallest absolute Gasteiger partial charge is 0.329 e. The number of hydrogen-bond acceptors (Lipinski definition) is 4. The molecule has 0 saturated carbocycles. The normalized spacial score (nSPS) is 14.8. The molecule has 2 aromatic carbocycles. The minimum Gasteiger partial charge on any atom is -0.490 e. The Morgan fingerprint density at radius 3 is 2.55 bits per heavy atom. The van der Waals surface area contributed by atoms with Gasteiger partial charge in [0.15, 0.2) is 11.5 Å². The first kappa shape index (κ1) is 20.1. The summed E-state index contributed by atoms with van der Waals surface area (Å²) < 4.78 is 24.5. The van der Waals surface area contributed by atoms with E-state index < -0.39 is 11.9 Å². The van der Waals surface area contributed by atoms with Crippen molar-refractivity contribution in [3.05, 3.63) is 77.8 Å². The number of nitrogens with zero attached hydrogens (tertiary/aromatic N) is 1. The quantitative estimate of drug-likeness (QED) is 0.418. The Balaban J connectivity index is 1.78. The van der Waals surface area contributed by atoms with Crippen molar-refractivity contribution >= 4 is 18.0 Å². The maximum atomic E-state index is 13.0. The molecule has 0 unspecified atom stereocenters. The second kappa shape index (κ2) is 9.05. The number of amides is 3. The van der Waals surface area contributed by atoms with Crippen molar-refractivity contribution < 1.29 is 23.5 Å². The van der Waals surface area contributed by atoms with Crippen LogP contribution in [0.1, 0.15) is 18.1 Å². The first-order chi connectivity index (χ1) is 14.0. The Labute approximate surface area is 168 Å². The predicted octanol–water partition coefficient (Wildman–Crippen LogP) is 3.88. The fraction of sp³-hybridized carbons (Fsp3) is 0.182. The van der Waals surface area contributed by atoms with Gasteiger partial charge in [-0.1, -0.05) is 24.3 Å². The lowest BCUT2D eigenvalue weighted by Crippen LogP contribution is -2.30. The molecule has 3 rings (SSSR count). The van der Waals surface area contributed by atoms with E-state index in [-0.39, 0.29) is 24.7 Å². The number of ether oxygens (including phenoxy) is 2. The summed E-state index contributed by atoms with van der Waals surface area (Å²) in [5.41, 5.74) is 1.67. The van der Waals surface area contributed by atoms with Crippen LogP contribution in [0.3, 0.4) is 0 Å². The minimum absolute atomic E-state index is 0.141. The number of benzene rings is 2. The lowest BCUT2D eigenvalue weighted by Gasteiger charge is -2.13. The first-order valence-electron chi connectivity index (χ1n) is 9.11. The number of carbonyl (C=O) groups is 2. The molecular formula is C22H21FN2O4. The Bertz CT molecular complexity index is 954. The zero-order valence-corrected chi connectivity index (χ0v) is 16.0. The number of imide groups is 1. The molecule has 6 nitrogen and oxygen atoms in total. The number of rotatable bonds is 8. The average Bonchev–Trinajstić information content (AvgIpc) is 2.97. The van der Waals surface area contributed by atoms with E-state index in [4.69, 9.17) is 9.47 Å². The van der Waals surface area contributed by atoms with Gasteiger partial charge in [-0.2, -0.15) is 0 Å². The Morgan fingerprint density at radius 2 is 1.86 bits per heavy atom. The van der Waals surface area contributed by atoms with Crippen LogP contribution in [0, 0.1) is 5.82 Å². The fourth-order valence-corrected chi connectivity index (χ4v) is 2.78. The molecule has 2 aromatic rings. The third-order valence-electron chi connectivity index (χ3n) is 4.16. The third kappa shape index (κ3) is 4.82. The summed E-state index contributed by atoms with van der Waals surface area (Å²) in [6.07, 6.45) is 3.07. The summed E-state index contributed by atoms with van der Waals surface area (Å²) in [5, 5.41) is 2.55. The number of urea groups is 1. The summed E-state index contributed by atoms with van der Waals surface area (Å²) in [4.78, 5) is 25.3. The molecule has 1 saturated heterocycles. The van der Waals surface area contributed by atoms with E-state index in [9.17, 15) is 14.0 Å². The Kier molecular flexibility index (Phi) is 6.29. The van der Waals surface area contributed by atoms with Gasteiger partial charge in [0.25, 0.3) is 5.91 Å². The van der Waals surface area contributed by atoms with Gasteiger partial charge in [0.1, 0.15) is 18.1 Å². The van der Waals surface area contributed by atoms with Crippen LogP contribution in [0.25, 0.3) is 6.08 Å². The zero-order chi connectivity index (χ0) is 20.8. The molecule has 0 radical (unpaired) electrons. The van der Waals surface area contributed by atoms with Crippen LogP contribution in [0.4, 0.5) is 9.18 Å². The predicted molar refractivity (Wildman–Crippen MR) is 107 cm³/mol. The first-order valence-corrected chi connectivity index (χ1v) is 9.11. The van der Waals surface area contributed by atoms with Crippen molar-refractivity contribution in [2.24, 2.45) is 0 Å². The summed E-state index contributed by atoms with van der Waals surface area (Å²) in [7, 11) is 0. The third-order valence-corrected chi connectivity index (χ3v) is 4.16. The number of halogens is 1. The fourth-order valence-electron chi connectivity index (χ4n) is 2.78. The molecule has 0 spiro atoms. The number of hydrogen-bond donors (Lipinski definition) is 1. The second-order valence-corrected chi connectivity index (χ2v) is 6.25. The maximum Gasteiger partial charge on any atom is 0.329 e. The maximum absolute atomic E-state index is 13.0. The molecule has 150 valence electrons. The lowest BCUT2D eigenvalue weighted by atomic mass is 10.1. The Hall–Kier alpha value is -3.61. The highest BCUT2D eigenvalue weighted by atomic mass is 19.1. The van der Waals surface area contributed by atoms with Gasteiger partial charge in [0, 0.05) is 6.54 Å². The van der Waals surface area contributed by atoms with Crippen LogP contribution in [0.15, 0.2) is 60.8 Å². The highest BCUT2D eigenvalue weighted by molar-refractivity contribution is 6.14. The average molecular weight is 396 g/mol. The summed E-state index contributed by atoms with van der Waals surface area (Å²) in [6.45, 7) is 6.22. The van der Waals surface area contributed by atoms with Crippen LogP contribution in [0.2, 0.25) is 0 Å². The summed E-state index contributed by atoms with van der Waals surface area (Å²) in [6, 6.07) is 10.8. The zero-order valence-electron chi connectivity index (χ0n) is 16.0. The van der Waals surface area contributed by atoms with E-state index >= 15 is 0 Å². The van der Waals surface area contributed by atoms with E-state index in [1.54, 1.807) is 36.4 Å². The van der Waals surface area contributed by atoms with Gasteiger partial charge in [-0.05, 0) is 48.4 Å². The van der Waals surface area contributed by atoms with E-state index in [1.807, 2.05) is 6.92 Å². The minimum atomic E-state index is -0.481. The van der Waals surface area contributed by atoms with Crippen molar-refractivity contribution in [3.8, 4) is 11.5 Å². The van der Waals surface area contributed by atoms with Crippen LogP contribution in [-0.4, -0.2) is 30.0 Å². The van der Waals surface area contributed by atoms with Crippen molar-refractivity contribution in [3.63, 3.8) is 0 Å². The van der Waals surface area contributed by atoms with Gasteiger partial charge in [-0.3, -0.25) is 9.69 Å². The number of nitrogens with one attached hydrogen (secondary N) is 1.